The van der Waals surface area contributed by atoms with Crippen molar-refractivity contribution in [1.82, 2.24) is 0 Å². The zero-order valence-corrected chi connectivity index (χ0v) is 19.7. The monoisotopic (exact) mass is 430 g/mol. The molecule has 0 aliphatic carbocycles. The van der Waals surface area contributed by atoms with Crippen LogP contribution in [0, 0.1) is 13.8 Å². The molecule has 0 unspecified atom stereocenters. The smallest absolute Gasteiger partial charge is 0.395 e. The fourth-order valence-electron chi connectivity index (χ4n) is 4.28. The van der Waals surface area contributed by atoms with E-state index in [2.05, 4.69) is 38.1 Å². The molecule has 0 atom stereocenters. The molecule has 4 nitrogen and oxygen atoms in total. The molecule has 0 saturated carbocycles. The first-order chi connectivity index (χ1) is 14.3. The van der Waals surface area contributed by atoms with Crippen molar-refractivity contribution in [3.63, 3.8) is 0 Å². The second kappa shape index (κ2) is 10.0. The summed E-state index contributed by atoms with van der Waals surface area (Å²) in [6.07, 6.45) is 9.73. The molecule has 164 valence electrons. The summed E-state index contributed by atoms with van der Waals surface area (Å²) in [4.78, 5) is 10.4. The lowest BCUT2D eigenvalue weighted by atomic mass is 9.93. The van der Waals surface area contributed by atoms with E-state index >= 15 is 0 Å². The van der Waals surface area contributed by atoms with E-state index in [1.807, 2.05) is 13.8 Å². The third-order valence-corrected chi connectivity index (χ3v) is 6.58. The molecule has 0 bridgehead atoms. The van der Waals surface area contributed by atoms with Gasteiger partial charge in [0, 0.05) is 6.42 Å². The third-order valence-electron chi connectivity index (χ3n) is 5.75. The predicted molar refractivity (Wildman–Crippen MR) is 123 cm³/mol. The maximum atomic E-state index is 12.7. The predicted octanol–water partition coefficient (Wildman–Crippen LogP) is 7.23. The summed E-state index contributed by atoms with van der Waals surface area (Å²) >= 11 is 0. The summed E-state index contributed by atoms with van der Waals surface area (Å²) in [5.41, 5.74) is 6.22. The summed E-state index contributed by atoms with van der Waals surface area (Å²) in [6, 6.07) is 8.44. The van der Waals surface area contributed by atoms with Gasteiger partial charge in [-0.15, -0.1) is 0 Å². The number of hydrogen-bond donors (Lipinski definition) is 1. The number of phosphoric acid groups is 1. The van der Waals surface area contributed by atoms with Crippen molar-refractivity contribution in [2.75, 3.05) is 0 Å². The lowest BCUT2D eigenvalue weighted by Crippen LogP contribution is -2.10. The Balaban J connectivity index is 2.02. The molecule has 0 amide bonds. The van der Waals surface area contributed by atoms with Gasteiger partial charge in [0.1, 0.15) is 11.5 Å². The number of phosphoric ester groups is 1. The minimum Gasteiger partial charge on any atom is -0.395 e. The molecule has 2 aromatic rings. The molecule has 2 aromatic carbocycles. The molecule has 3 rings (SSSR count). The van der Waals surface area contributed by atoms with E-state index in [1.54, 1.807) is 0 Å². The highest BCUT2D eigenvalue weighted by molar-refractivity contribution is 7.48. The highest BCUT2D eigenvalue weighted by Gasteiger charge is 2.32. The number of unbranched alkanes of at least 4 members (excludes halogenated alkanes) is 4. The molecular weight excluding hydrogens is 395 g/mol. The largest absolute Gasteiger partial charge is 0.584 e. The fraction of sp³-hybridized carbons (Fsp3) is 0.520. The zero-order chi connectivity index (χ0) is 21.7. The van der Waals surface area contributed by atoms with Gasteiger partial charge < -0.3 is 9.05 Å². The SMILES string of the molecule is CCCCCc1cc(C)c2c(c1)Cc1cc(CCCCC)cc(C)c1OP(=O)(O)O2. The van der Waals surface area contributed by atoms with Crippen LogP contribution in [0.25, 0.3) is 0 Å². The molecule has 0 spiro atoms. The summed E-state index contributed by atoms with van der Waals surface area (Å²) in [5.74, 6) is 0.972. The fourth-order valence-corrected chi connectivity index (χ4v) is 5.30. The van der Waals surface area contributed by atoms with Crippen LogP contribution in [0.2, 0.25) is 0 Å². The van der Waals surface area contributed by atoms with Crippen molar-refractivity contribution in [2.24, 2.45) is 0 Å². The average Bonchev–Trinajstić information content (AvgIpc) is 2.67. The highest BCUT2D eigenvalue weighted by Crippen LogP contribution is 2.51. The topological polar surface area (TPSA) is 55.8 Å². The summed E-state index contributed by atoms with van der Waals surface area (Å²) in [7, 11) is -4.26. The van der Waals surface area contributed by atoms with E-state index in [-0.39, 0.29) is 0 Å². The molecule has 1 heterocycles. The van der Waals surface area contributed by atoms with Gasteiger partial charge in [-0.3, -0.25) is 4.89 Å². The van der Waals surface area contributed by atoms with Crippen LogP contribution in [0.5, 0.6) is 11.5 Å². The molecule has 1 aliphatic heterocycles. The maximum absolute atomic E-state index is 12.7. The first kappa shape index (κ1) is 22.9. The van der Waals surface area contributed by atoms with Gasteiger partial charge in [-0.25, -0.2) is 4.57 Å². The van der Waals surface area contributed by atoms with E-state index in [0.29, 0.717) is 17.9 Å². The van der Waals surface area contributed by atoms with Crippen molar-refractivity contribution in [3.05, 3.63) is 57.6 Å². The second-order valence-corrected chi connectivity index (χ2v) is 9.85. The summed E-state index contributed by atoms with van der Waals surface area (Å²) in [6.45, 7) is 8.29. The molecule has 1 N–H and O–H groups in total. The van der Waals surface area contributed by atoms with Crippen LogP contribution in [0.15, 0.2) is 24.3 Å². The number of hydrogen-bond acceptors (Lipinski definition) is 3. The summed E-state index contributed by atoms with van der Waals surface area (Å²) < 4.78 is 23.8. The van der Waals surface area contributed by atoms with Crippen LogP contribution < -0.4 is 9.05 Å². The Morgan fingerprint density at radius 3 is 1.63 bits per heavy atom. The lowest BCUT2D eigenvalue weighted by Gasteiger charge is -2.25. The minimum absolute atomic E-state index is 0.486. The lowest BCUT2D eigenvalue weighted by molar-refractivity contribution is 0.285. The van der Waals surface area contributed by atoms with Gasteiger partial charge in [0.15, 0.2) is 0 Å². The first-order valence-electron chi connectivity index (χ1n) is 11.3. The van der Waals surface area contributed by atoms with Crippen LogP contribution in [0.4, 0.5) is 0 Å². The van der Waals surface area contributed by atoms with Gasteiger partial charge in [-0.2, -0.15) is 0 Å². The van der Waals surface area contributed by atoms with E-state index in [9.17, 15) is 9.46 Å². The van der Waals surface area contributed by atoms with Gasteiger partial charge in [-0.1, -0.05) is 63.8 Å². The average molecular weight is 431 g/mol. The van der Waals surface area contributed by atoms with E-state index in [1.165, 1.54) is 36.8 Å². The van der Waals surface area contributed by atoms with Crippen LogP contribution in [-0.4, -0.2) is 4.89 Å². The van der Waals surface area contributed by atoms with Gasteiger partial charge >= 0.3 is 7.82 Å². The molecule has 0 fully saturated rings. The number of fused-ring (bicyclic) bond motifs is 2. The molecule has 30 heavy (non-hydrogen) atoms. The third kappa shape index (κ3) is 5.68. The molecule has 0 aromatic heterocycles. The molecule has 0 saturated heterocycles. The Morgan fingerprint density at radius 1 is 0.800 bits per heavy atom. The number of aryl methyl sites for hydroxylation is 4. The van der Waals surface area contributed by atoms with Gasteiger partial charge in [-0.05, 0) is 72.9 Å². The van der Waals surface area contributed by atoms with Crippen molar-refractivity contribution < 1.29 is 18.5 Å². The second-order valence-electron chi connectivity index (χ2n) is 8.54. The normalized spacial score (nSPS) is 14.7. The molecule has 1 aliphatic rings. The van der Waals surface area contributed by atoms with E-state index < -0.39 is 7.82 Å². The van der Waals surface area contributed by atoms with Crippen molar-refractivity contribution >= 4 is 7.82 Å². The quantitative estimate of drug-likeness (QED) is 0.354. The Hall–Kier alpha value is -1.77. The van der Waals surface area contributed by atoms with Gasteiger partial charge in [0.25, 0.3) is 0 Å². The van der Waals surface area contributed by atoms with Gasteiger partial charge in [0.2, 0.25) is 0 Å². The standard InChI is InChI=1S/C25H35O4P/c1-5-7-9-11-20-13-18(3)24-22(15-20)17-23-16-21(12-10-8-6-2)14-19(4)25(23)29-30(26,27)28-24/h13-16H,5-12,17H2,1-4H3,(H,26,27). The van der Waals surface area contributed by atoms with Gasteiger partial charge in [0.05, 0.1) is 0 Å². The Bertz CT molecular complexity index is 864. The van der Waals surface area contributed by atoms with Crippen molar-refractivity contribution in [3.8, 4) is 11.5 Å². The maximum Gasteiger partial charge on any atom is 0.584 e. The molecular formula is C25H35O4P. The zero-order valence-electron chi connectivity index (χ0n) is 18.8. The minimum atomic E-state index is -4.26. The first-order valence-corrected chi connectivity index (χ1v) is 12.8. The van der Waals surface area contributed by atoms with E-state index in [0.717, 1.165) is 47.9 Å². The summed E-state index contributed by atoms with van der Waals surface area (Å²) in [5, 5.41) is 0. The van der Waals surface area contributed by atoms with Crippen molar-refractivity contribution in [2.45, 2.75) is 85.5 Å². The van der Waals surface area contributed by atoms with Crippen LogP contribution in [0.3, 0.4) is 0 Å². The Morgan fingerprint density at radius 2 is 1.23 bits per heavy atom. The number of rotatable bonds is 8. The van der Waals surface area contributed by atoms with Crippen LogP contribution >= 0.6 is 7.82 Å². The molecule has 5 heteroatoms. The van der Waals surface area contributed by atoms with Crippen molar-refractivity contribution in [1.29, 1.82) is 0 Å². The van der Waals surface area contributed by atoms with Crippen LogP contribution in [0.1, 0.15) is 85.8 Å². The number of benzene rings is 2. The highest BCUT2D eigenvalue weighted by atomic mass is 31.2. The molecule has 0 radical (unpaired) electrons. The Kier molecular flexibility index (Phi) is 7.65. The van der Waals surface area contributed by atoms with Crippen LogP contribution in [-0.2, 0) is 23.8 Å². The Labute approximate surface area is 181 Å². The van der Waals surface area contributed by atoms with E-state index in [4.69, 9.17) is 9.05 Å².